The predicted molar refractivity (Wildman–Crippen MR) is 110 cm³/mol. The lowest BCUT2D eigenvalue weighted by atomic mass is 10.2. The second kappa shape index (κ2) is 8.87. The molecule has 0 spiro atoms. The largest absolute Gasteiger partial charge is 0.497 e. The first kappa shape index (κ1) is 19.2. The monoisotopic (exact) mass is 381 g/mol. The molecule has 1 unspecified atom stereocenters. The van der Waals surface area contributed by atoms with Crippen LogP contribution in [0.5, 0.6) is 17.2 Å². The topological polar surface area (TPSA) is 27.7 Å². The average molecular weight is 382 g/mol. The molecule has 0 aliphatic rings. The number of benzene rings is 3. The van der Waals surface area contributed by atoms with Crippen LogP contribution < -0.4 is 14.2 Å². The van der Waals surface area contributed by atoms with E-state index in [0.29, 0.717) is 6.61 Å². The van der Waals surface area contributed by atoms with Crippen LogP contribution in [0.15, 0.2) is 81.4 Å². The molecule has 0 radical (unpaired) electrons. The SMILES string of the molecule is CCOc1ccc([S+](c2ccc(OC)cc2)c2ccc(C)cc2OC)cc1. The number of rotatable bonds is 7. The summed E-state index contributed by atoms with van der Waals surface area (Å²) < 4.78 is 16.6. The molecule has 140 valence electrons. The van der Waals surface area contributed by atoms with Crippen molar-refractivity contribution in [3.8, 4) is 17.2 Å². The fraction of sp³-hybridized carbons (Fsp3) is 0.217. The number of ether oxygens (including phenoxy) is 3. The summed E-state index contributed by atoms with van der Waals surface area (Å²) in [7, 11) is 3.12. The molecule has 3 aromatic carbocycles. The Morgan fingerprint density at radius 2 is 1.33 bits per heavy atom. The fourth-order valence-corrected chi connectivity index (χ4v) is 5.03. The lowest BCUT2D eigenvalue weighted by Crippen LogP contribution is -2.07. The van der Waals surface area contributed by atoms with Crippen molar-refractivity contribution < 1.29 is 14.2 Å². The van der Waals surface area contributed by atoms with Crippen molar-refractivity contribution >= 4 is 10.9 Å². The Labute approximate surface area is 164 Å². The Morgan fingerprint density at radius 3 is 1.85 bits per heavy atom. The number of aryl methyl sites for hydroxylation is 1. The van der Waals surface area contributed by atoms with E-state index in [4.69, 9.17) is 14.2 Å². The summed E-state index contributed by atoms with van der Waals surface area (Å²) in [6, 6.07) is 23.0. The second-order valence-electron chi connectivity index (χ2n) is 6.04. The zero-order chi connectivity index (χ0) is 19.2. The lowest BCUT2D eigenvalue weighted by Gasteiger charge is -2.13. The van der Waals surface area contributed by atoms with E-state index in [1.807, 2.05) is 31.2 Å². The molecule has 0 fully saturated rings. The van der Waals surface area contributed by atoms with Gasteiger partial charge in [0.15, 0.2) is 15.5 Å². The smallest absolute Gasteiger partial charge is 0.208 e. The highest BCUT2D eigenvalue weighted by atomic mass is 32.2. The Balaban J connectivity index is 2.11. The maximum atomic E-state index is 5.71. The van der Waals surface area contributed by atoms with Crippen molar-refractivity contribution in [2.45, 2.75) is 28.5 Å². The Morgan fingerprint density at radius 1 is 0.741 bits per heavy atom. The minimum absolute atomic E-state index is 0.293. The minimum Gasteiger partial charge on any atom is -0.497 e. The van der Waals surface area contributed by atoms with Gasteiger partial charge in [-0.1, -0.05) is 6.07 Å². The van der Waals surface area contributed by atoms with Gasteiger partial charge in [-0.05, 0) is 80.1 Å². The van der Waals surface area contributed by atoms with Gasteiger partial charge < -0.3 is 14.2 Å². The molecule has 0 saturated heterocycles. The lowest BCUT2D eigenvalue weighted by molar-refractivity contribution is 0.340. The van der Waals surface area contributed by atoms with E-state index in [2.05, 4.69) is 49.4 Å². The van der Waals surface area contributed by atoms with Gasteiger partial charge in [-0.15, -0.1) is 0 Å². The third kappa shape index (κ3) is 4.40. The molecule has 27 heavy (non-hydrogen) atoms. The molecule has 1 atom stereocenters. The van der Waals surface area contributed by atoms with Crippen LogP contribution in [0.1, 0.15) is 12.5 Å². The first-order valence-electron chi connectivity index (χ1n) is 8.92. The Bertz CT molecular complexity index is 873. The highest BCUT2D eigenvalue weighted by Crippen LogP contribution is 2.38. The van der Waals surface area contributed by atoms with Crippen molar-refractivity contribution in [1.82, 2.24) is 0 Å². The number of hydrogen-bond acceptors (Lipinski definition) is 3. The molecular formula is C23H25O3S+. The maximum Gasteiger partial charge on any atom is 0.208 e. The van der Waals surface area contributed by atoms with Crippen molar-refractivity contribution in [3.05, 3.63) is 72.3 Å². The van der Waals surface area contributed by atoms with E-state index in [1.165, 1.54) is 15.4 Å². The van der Waals surface area contributed by atoms with Gasteiger partial charge in [-0.3, -0.25) is 0 Å². The van der Waals surface area contributed by atoms with Gasteiger partial charge >= 0.3 is 0 Å². The van der Waals surface area contributed by atoms with Crippen LogP contribution in [0, 0.1) is 6.92 Å². The van der Waals surface area contributed by atoms with Gasteiger partial charge in [0.2, 0.25) is 4.90 Å². The molecule has 3 nitrogen and oxygen atoms in total. The summed E-state index contributed by atoms with van der Waals surface area (Å²) in [5.41, 5.74) is 1.18. The van der Waals surface area contributed by atoms with Gasteiger partial charge in [0.05, 0.1) is 20.8 Å². The Kier molecular flexibility index (Phi) is 6.30. The molecule has 0 saturated carbocycles. The first-order valence-corrected chi connectivity index (χ1v) is 10.1. The second-order valence-corrected chi connectivity index (χ2v) is 8.04. The van der Waals surface area contributed by atoms with Crippen LogP contribution in [-0.4, -0.2) is 20.8 Å². The van der Waals surface area contributed by atoms with Gasteiger partial charge in [-0.25, -0.2) is 0 Å². The normalized spacial score (nSPS) is 11.7. The molecule has 0 amide bonds. The van der Waals surface area contributed by atoms with E-state index in [-0.39, 0.29) is 10.9 Å². The van der Waals surface area contributed by atoms with E-state index in [0.717, 1.165) is 22.1 Å². The highest BCUT2D eigenvalue weighted by Gasteiger charge is 2.32. The van der Waals surface area contributed by atoms with Gasteiger partial charge in [-0.2, -0.15) is 0 Å². The molecule has 0 aromatic heterocycles. The molecule has 3 rings (SSSR count). The van der Waals surface area contributed by atoms with Crippen LogP contribution >= 0.6 is 0 Å². The molecule has 0 N–H and O–H groups in total. The maximum absolute atomic E-state index is 5.71. The summed E-state index contributed by atoms with van der Waals surface area (Å²) in [5, 5.41) is 0. The van der Waals surface area contributed by atoms with Crippen LogP contribution in [-0.2, 0) is 10.9 Å². The molecular weight excluding hydrogens is 356 g/mol. The fourth-order valence-electron chi connectivity index (χ4n) is 2.88. The van der Waals surface area contributed by atoms with Gasteiger partial charge in [0.25, 0.3) is 0 Å². The minimum atomic E-state index is -0.293. The summed E-state index contributed by atoms with van der Waals surface area (Å²) in [5.74, 6) is 2.64. The predicted octanol–water partition coefficient (Wildman–Crippen LogP) is 5.51. The molecule has 4 heteroatoms. The van der Waals surface area contributed by atoms with E-state index < -0.39 is 0 Å². The summed E-state index contributed by atoms with van der Waals surface area (Å²) in [4.78, 5) is 3.59. The molecule has 0 bridgehead atoms. The van der Waals surface area contributed by atoms with Crippen molar-refractivity contribution in [1.29, 1.82) is 0 Å². The molecule has 0 heterocycles. The number of methoxy groups -OCH3 is 2. The summed E-state index contributed by atoms with van der Waals surface area (Å²) in [6.45, 7) is 4.73. The van der Waals surface area contributed by atoms with E-state index in [9.17, 15) is 0 Å². The molecule has 3 aromatic rings. The summed E-state index contributed by atoms with van der Waals surface area (Å²) in [6.07, 6.45) is 0. The Hall–Kier alpha value is -2.59. The van der Waals surface area contributed by atoms with Crippen LogP contribution in [0.25, 0.3) is 0 Å². The zero-order valence-electron chi connectivity index (χ0n) is 16.2. The standard InChI is InChI=1S/C23H25O3S/c1-5-26-19-9-13-21(14-10-19)27(20-11-7-18(24-3)8-12-20)23-15-6-17(2)16-22(23)25-4/h6-16H,5H2,1-4H3/q+1. The van der Waals surface area contributed by atoms with Gasteiger partial charge in [0, 0.05) is 0 Å². The average Bonchev–Trinajstić information content (AvgIpc) is 2.71. The van der Waals surface area contributed by atoms with Crippen LogP contribution in [0.2, 0.25) is 0 Å². The van der Waals surface area contributed by atoms with E-state index in [1.54, 1.807) is 14.2 Å². The van der Waals surface area contributed by atoms with Crippen LogP contribution in [0.4, 0.5) is 0 Å². The molecule has 0 aliphatic carbocycles. The van der Waals surface area contributed by atoms with Gasteiger partial charge in [0.1, 0.15) is 22.4 Å². The zero-order valence-corrected chi connectivity index (χ0v) is 17.0. The highest BCUT2D eigenvalue weighted by molar-refractivity contribution is 7.97. The quantitative estimate of drug-likeness (QED) is 0.505. The molecule has 0 aliphatic heterocycles. The number of hydrogen-bond donors (Lipinski definition) is 0. The van der Waals surface area contributed by atoms with Crippen molar-refractivity contribution in [2.75, 3.05) is 20.8 Å². The van der Waals surface area contributed by atoms with Crippen LogP contribution in [0.3, 0.4) is 0 Å². The first-order chi connectivity index (χ1) is 13.2. The van der Waals surface area contributed by atoms with Crippen molar-refractivity contribution in [3.63, 3.8) is 0 Å². The van der Waals surface area contributed by atoms with E-state index >= 15 is 0 Å². The summed E-state index contributed by atoms with van der Waals surface area (Å²) >= 11 is 0. The van der Waals surface area contributed by atoms with Crippen molar-refractivity contribution in [2.24, 2.45) is 0 Å². The third-order valence-corrected chi connectivity index (χ3v) is 6.47. The third-order valence-electron chi connectivity index (χ3n) is 4.20.